The van der Waals surface area contributed by atoms with Crippen LogP contribution in [0.1, 0.15) is 0 Å². The molecule has 0 radical (unpaired) electrons. The lowest BCUT2D eigenvalue weighted by molar-refractivity contribution is 1.20. The molecular formula is C42H24N2O. The predicted octanol–water partition coefficient (Wildman–Crippen LogP) is 10.4. The minimum Gasteiger partial charge on any atom is -0.273 e. The van der Waals surface area contributed by atoms with Gasteiger partial charge in [0.05, 0.1) is 16.6 Å². The van der Waals surface area contributed by atoms with E-state index >= 15 is 0 Å². The Morgan fingerprint density at radius 2 is 0.956 bits per heavy atom. The van der Waals surface area contributed by atoms with E-state index < -0.39 is 0 Å². The summed E-state index contributed by atoms with van der Waals surface area (Å²) in [4.78, 5) is 18.8. The molecule has 0 aliphatic rings. The number of nitrogens with zero attached hydrogens (tertiary/aromatic N) is 2. The van der Waals surface area contributed by atoms with E-state index in [2.05, 4.69) is 97.1 Å². The summed E-state index contributed by atoms with van der Waals surface area (Å²) in [6.45, 7) is 0. The fraction of sp³-hybridized carbons (Fsp3) is 0. The first-order valence-corrected chi connectivity index (χ1v) is 15.3. The highest BCUT2D eigenvalue weighted by Crippen LogP contribution is 2.40. The summed E-state index contributed by atoms with van der Waals surface area (Å²) in [7, 11) is 0. The van der Waals surface area contributed by atoms with Crippen LogP contribution < -0.4 is 5.56 Å². The average molecular weight is 573 g/mol. The van der Waals surface area contributed by atoms with E-state index in [-0.39, 0.29) is 5.56 Å². The van der Waals surface area contributed by atoms with Crippen molar-refractivity contribution in [3.8, 4) is 22.3 Å². The quantitative estimate of drug-likeness (QED) is 0.193. The number of rotatable bonds is 2. The second-order valence-corrected chi connectivity index (χ2v) is 11.9. The van der Waals surface area contributed by atoms with Gasteiger partial charge >= 0.3 is 0 Å². The molecule has 0 spiro atoms. The van der Waals surface area contributed by atoms with Gasteiger partial charge in [0, 0.05) is 33.3 Å². The molecule has 0 unspecified atom stereocenters. The number of aromatic nitrogens is 2. The summed E-state index contributed by atoms with van der Waals surface area (Å²) in [6.07, 6.45) is 1.98. The van der Waals surface area contributed by atoms with Crippen LogP contribution in [0.25, 0.3) is 92.7 Å². The molecule has 10 rings (SSSR count). The van der Waals surface area contributed by atoms with Crippen molar-refractivity contribution in [1.29, 1.82) is 0 Å². The molecule has 0 N–H and O–H groups in total. The van der Waals surface area contributed by atoms with Crippen LogP contribution in [0.15, 0.2) is 151 Å². The Labute approximate surface area is 257 Å². The Balaban J connectivity index is 1.18. The van der Waals surface area contributed by atoms with Gasteiger partial charge in [-0.1, -0.05) is 121 Å². The molecule has 208 valence electrons. The highest BCUT2D eigenvalue weighted by atomic mass is 16.1. The van der Waals surface area contributed by atoms with Gasteiger partial charge in [0.1, 0.15) is 0 Å². The molecule has 10 aromatic rings. The van der Waals surface area contributed by atoms with Crippen molar-refractivity contribution in [2.24, 2.45) is 0 Å². The molecule has 0 fully saturated rings. The molecule has 0 atom stereocenters. The summed E-state index contributed by atoms with van der Waals surface area (Å²) < 4.78 is 1.86. The summed E-state index contributed by atoms with van der Waals surface area (Å²) in [6, 6.07) is 48.9. The van der Waals surface area contributed by atoms with Crippen LogP contribution in [0.4, 0.5) is 0 Å². The number of hydrogen-bond donors (Lipinski definition) is 0. The van der Waals surface area contributed by atoms with Crippen molar-refractivity contribution < 1.29 is 0 Å². The molecule has 0 bridgehead atoms. The van der Waals surface area contributed by atoms with E-state index in [1.807, 2.05) is 53.1 Å². The van der Waals surface area contributed by atoms with E-state index in [1.165, 1.54) is 37.9 Å². The van der Waals surface area contributed by atoms with E-state index in [0.29, 0.717) is 5.39 Å². The van der Waals surface area contributed by atoms with Gasteiger partial charge in [-0.15, -0.1) is 0 Å². The van der Waals surface area contributed by atoms with Gasteiger partial charge in [0.2, 0.25) is 0 Å². The molecular weight excluding hydrogens is 548 g/mol. The molecule has 0 saturated carbocycles. The Bertz CT molecular complexity index is 2850. The van der Waals surface area contributed by atoms with Crippen molar-refractivity contribution in [2.75, 3.05) is 0 Å². The van der Waals surface area contributed by atoms with Gasteiger partial charge in [-0.25, -0.2) is 0 Å². The Kier molecular flexibility index (Phi) is 4.87. The first kappa shape index (κ1) is 24.4. The highest BCUT2D eigenvalue weighted by Gasteiger charge is 2.21. The number of benzene rings is 7. The smallest absolute Gasteiger partial charge is 0.263 e. The second kappa shape index (κ2) is 8.98. The molecule has 45 heavy (non-hydrogen) atoms. The number of para-hydroxylation sites is 1. The molecule has 0 amide bonds. The lowest BCUT2D eigenvalue weighted by Crippen LogP contribution is -2.13. The van der Waals surface area contributed by atoms with Gasteiger partial charge in [-0.05, 0) is 67.2 Å². The van der Waals surface area contributed by atoms with Crippen molar-refractivity contribution in [3.05, 3.63) is 156 Å². The third kappa shape index (κ3) is 3.30. The van der Waals surface area contributed by atoms with E-state index in [4.69, 9.17) is 4.98 Å². The van der Waals surface area contributed by atoms with Crippen molar-refractivity contribution >= 4 is 70.4 Å². The third-order valence-corrected chi connectivity index (χ3v) is 9.58. The maximum Gasteiger partial charge on any atom is 0.263 e. The lowest BCUT2D eigenvalue weighted by atomic mass is 9.91. The Morgan fingerprint density at radius 3 is 1.64 bits per heavy atom. The maximum absolute atomic E-state index is 13.8. The average Bonchev–Trinajstić information content (AvgIpc) is 3.46. The maximum atomic E-state index is 13.8. The van der Waals surface area contributed by atoms with Crippen LogP contribution >= 0.6 is 0 Å². The Morgan fingerprint density at radius 1 is 0.444 bits per heavy atom. The molecule has 3 nitrogen and oxygen atoms in total. The van der Waals surface area contributed by atoms with Crippen LogP contribution in [-0.2, 0) is 0 Å². The molecule has 0 aliphatic heterocycles. The molecule has 3 heteroatoms. The van der Waals surface area contributed by atoms with Gasteiger partial charge in [-0.3, -0.25) is 14.2 Å². The lowest BCUT2D eigenvalue weighted by Gasteiger charge is -2.12. The van der Waals surface area contributed by atoms with Crippen LogP contribution in [0.3, 0.4) is 0 Å². The normalized spacial score (nSPS) is 12.1. The minimum atomic E-state index is -0.00444. The zero-order valence-corrected chi connectivity index (χ0v) is 24.2. The third-order valence-electron chi connectivity index (χ3n) is 9.58. The Hall–Kier alpha value is -6.06. The van der Waals surface area contributed by atoms with E-state index in [0.717, 1.165) is 49.4 Å². The first-order valence-electron chi connectivity index (χ1n) is 15.3. The van der Waals surface area contributed by atoms with E-state index in [9.17, 15) is 4.79 Å². The van der Waals surface area contributed by atoms with Crippen molar-refractivity contribution in [3.63, 3.8) is 0 Å². The zero-order chi connectivity index (χ0) is 29.6. The van der Waals surface area contributed by atoms with Gasteiger partial charge in [0.25, 0.3) is 5.56 Å². The van der Waals surface area contributed by atoms with Crippen LogP contribution in [-0.4, -0.2) is 9.38 Å². The fourth-order valence-corrected chi connectivity index (χ4v) is 7.54. The van der Waals surface area contributed by atoms with Gasteiger partial charge < -0.3 is 0 Å². The fourth-order valence-electron chi connectivity index (χ4n) is 7.54. The summed E-state index contributed by atoms with van der Waals surface area (Å²) >= 11 is 0. The highest BCUT2D eigenvalue weighted by molar-refractivity contribution is 6.26. The minimum absolute atomic E-state index is 0.00444. The SMILES string of the molecule is O=c1c2ccccc2c2ncc(-c3ccc(-c4ccc5c6ccccc6c6ccccc6c5c4)cc3)c3c4ccccc4n1c23. The van der Waals surface area contributed by atoms with Crippen molar-refractivity contribution in [1.82, 2.24) is 9.38 Å². The molecule has 0 saturated heterocycles. The van der Waals surface area contributed by atoms with Crippen LogP contribution in [0.5, 0.6) is 0 Å². The molecule has 3 aromatic heterocycles. The summed E-state index contributed by atoms with van der Waals surface area (Å²) in [5.74, 6) is 0. The second-order valence-electron chi connectivity index (χ2n) is 11.9. The predicted molar refractivity (Wildman–Crippen MR) is 189 cm³/mol. The van der Waals surface area contributed by atoms with Gasteiger partial charge in [-0.2, -0.15) is 0 Å². The number of fused-ring (bicyclic) bond motifs is 11. The first-order chi connectivity index (χ1) is 22.3. The molecule has 7 aromatic carbocycles. The number of hydrogen-bond acceptors (Lipinski definition) is 2. The van der Waals surface area contributed by atoms with E-state index in [1.54, 1.807) is 0 Å². The van der Waals surface area contributed by atoms with Crippen LogP contribution in [0.2, 0.25) is 0 Å². The topological polar surface area (TPSA) is 34.4 Å². The standard InChI is InChI=1S/C42H24N2O/c45-42-34-14-6-5-13-33(34)40-41-39(35-15-7-8-16-38(35)44(41)42)37(24-43-40)26-19-17-25(18-20-26)27-21-22-32-30-11-2-1-9-28(30)29-10-3-4-12-31(29)36(32)23-27/h1-24H. The summed E-state index contributed by atoms with van der Waals surface area (Å²) in [5, 5.41) is 11.4. The van der Waals surface area contributed by atoms with Crippen LogP contribution in [0, 0.1) is 0 Å². The summed E-state index contributed by atoms with van der Waals surface area (Å²) in [5.41, 5.74) is 7.09. The largest absolute Gasteiger partial charge is 0.273 e. The number of pyridine rings is 2. The van der Waals surface area contributed by atoms with Crippen molar-refractivity contribution in [2.45, 2.75) is 0 Å². The molecule has 0 aliphatic carbocycles. The monoisotopic (exact) mass is 572 g/mol. The molecule has 3 heterocycles. The zero-order valence-electron chi connectivity index (χ0n) is 24.2. The van der Waals surface area contributed by atoms with Gasteiger partial charge in [0.15, 0.2) is 0 Å².